The van der Waals surface area contributed by atoms with Gasteiger partial charge in [-0.05, 0) is 60.1 Å². The summed E-state index contributed by atoms with van der Waals surface area (Å²) in [5, 5.41) is 15.7. The van der Waals surface area contributed by atoms with Gasteiger partial charge in [-0.3, -0.25) is 24.3 Å². The summed E-state index contributed by atoms with van der Waals surface area (Å²) in [4.78, 5) is 25.6. The maximum atomic E-state index is 13.8. The van der Waals surface area contributed by atoms with E-state index in [1.165, 1.54) is 28.6 Å². The third kappa shape index (κ3) is 11.0. The number of rotatable bonds is 17. The van der Waals surface area contributed by atoms with Gasteiger partial charge >= 0.3 is 0 Å². The largest absolute Gasteiger partial charge is 0.505 e. The van der Waals surface area contributed by atoms with Gasteiger partial charge < -0.3 is 19.9 Å². The van der Waals surface area contributed by atoms with Crippen molar-refractivity contribution in [2.75, 3.05) is 51.3 Å². The lowest BCUT2D eigenvalue weighted by Gasteiger charge is -2.29. The maximum absolute atomic E-state index is 13.8. The molecule has 0 radical (unpaired) electrons. The number of methoxy groups -OCH3 is 2. The molecule has 2 rings (SSSR count). The van der Waals surface area contributed by atoms with Gasteiger partial charge in [0.2, 0.25) is 5.91 Å². The number of nitrogens with one attached hydrogen (secondary N) is 2. The monoisotopic (exact) mass is 620 g/mol. The number of phenols is 1. The molecule has 0 aromatic heterocycles. The molecule has 0 aliphatic rings. The molecule has 0 saturated carbocycles. The first kappa shape index (κ1) is 35.8. The molecule has 3 N–H and O–H groups in total. The molecule has 1 atom stereocenters. The molecule has 43 heavy (non-hydrogen) atoms. The number of carbonyl (C=O) groups is 2. The predicted molar refractivity (Wildman–Crippen MR) is 167 cm³/mol. The molecule has 240 valence electrons. The van der Waals surface area contributed by atoms with Crippen molar-refractivity contribution >= 4 is 27.5 Å². The molecule has 0 bridgehead atoms. The standard InChI is InChI=1S/C31H48N4O7S/c1-22(2)17-30(37)34(33-29(36)19-32-15-16-41-6)21-24(5)18-25-9-8-10-28(31(25)38)35(20-23(3)4)43(39,40)27-13-11-26(42-7)12-14-27/h8-14,22-24,32,38H,15-21H2,1-7H3,(H,33,36)/t24-/m1/s1. The van der Waals surface area contributed by atoms with E-state index in [0.717, 1.165) is 0 Å². The molecule has 2 amide bonds. The minimum Gasteiger partial charge on any atom is -0.505 e. The van der Waals surface area contributed by atoms with Crippen LogP contribution in [0.2, 0.25) is 0 Å². The van der Waals surface area contributed by atoms with Crippen LogP contribution in [0.1, 0.15) is 46.6 Å². The molecular weight excluding hydrogens is 572 g/mol. The Morgan fingerprint density at radius 3 is 2.21 bits per heavy atom. The van der Waals surface area contributed by atoms with E-state index in [4.69, 9.17) is 9.47 Å². The van der Waals surface area contributed by atoms with E-state index in [-0.39, 0.29) is 72.0 Å². The highest BCUT2D eigenvalue weighted by Gasteiger charge is 2.29. The Morgan fingerprint density at radius 1 is 0.953 bits per heavy atom. The van der Waals surface area contributed by atoms with Gasteiger partial charge in [-0.25, -0.2) is 8.42 Å². The number of hydrogen-bond donors (Lipinski definition) is 3. The highest BCUT2D eigenvalue weighted by Crippen LogP contribution is 2.36. The van der Waals surface area contributed by atoms with Gasteiger partial charge in [-0.15, -0.1) is 0 Å². The minimum absolute atomic E-state index is 0.0249. The van der Waals surface area contributed by atoms with Gasteiger partial charge in [0.25, 0.3) is 15.9 Å². The van der Waals surface area contributed by atoms with E-state index in [0.29, 0.717) is 30.9 Å². The smallest absolute Gasteiger partial charge is 0.264 e. The second-order valence-electron chi connectivity index (χ2n) is 11.5. The van der Waals surface area contributed by atoms with Crippen LogP contribution in [0.15, 0.2) is 47.4 Å². The summed E-state index contributed by atoms with van der Waals surface area (Å²) >= 11 is 0. The quantitative estimate of drug-likeness (QED) is 0.180. The van der Waals surface area contributed by atoms with Crippen LogP contribution in [0, 0.1) is 17.8 Å². The Balaban J connectivity index is 2.30. The molecule has 11 nitrogen and oxygen atoms in total. The van der Waals surface area contributed by atoms with Crippen LogP contribution in [0.3, 0.4) is 0 Å². The Hall–Kier alpha value is -3.35. The number of ether oxygens (including phenoxy) is 2. The lowest BCUT2D eigenvalue weighted by Crippen LogP contribution is -2.51. The van der Waals surface area contributed by atoms with Gasteiger partial charge in [0.05, 0.1) is 30.8 Å². The van der Waals surface area contributed by atoms with Gasteiger partial charge in [-0.1, -0.05) is 46.8 Å². The second-order valence-corrected chi connectivity index (χ2v) is 13.4. The van der Waals surface area contributed by atoms with Crippen molar-refractivity contribution in [1.82, 2.24) is 15.8 Å². The first-order valence-electron chi connectivity index (χ1n) is 14.6. The van der Waals surface area contributed by atoms with Crippen LogP contribution < -0.4 is 19.8 Å². The molecule has 0 aliphatic heterocycles. The summed E-state index contributed by atoms with van der Waals surface area (Å²) in [6.45, 7) is 10.9. The molecule has 0 unspecified atom stereocenters. The fourth-order valence-electron chi connectivity index (χ4n) is 4.46. The number of sulfonamides is 1. The molecule has 12 heteroatoms. The van der Waals surface area contributed by atoms with Crippen molar-refractivity contribution in [1.29, 1.82) is 0 Å². The Kier molecular flexibility index (Phi) is 14.2. The molecule has 0 spiro atoms. The van der Waals surface area contributed by atoms with Crippen LogP contribution >= 0.6 is 0 Å². The third-order valence-electron chi connectivity index (χ3n) is 6.52. The zero-order valence-electron chi connectivity index (χ0n) is 26.4. The number of benzene rings is 2. The van der Waals surface area contributed by atoms with E-state index in [1.54, 1.807) is 37.4 Å². The minimum atomic E-state index is -4.01. The average Bonchev–Trinajstić information content (AvgIpc) is 2.94. The molecule has 2 aromatic carbocycles. The summed E-state index contributed by atoms with van der Waals surface area (Å²) in [5.41, 5.74) is 3.42. The normalized spacial score (nSPS) is 12.3. The Morgan fingerprint density at radius 2 is 1.63 bits per heavy atom. The number of phenolic OH excluding ortho intramolecular Hbond substituents is 1. The number of nitrogens with zero attached hydrogens (tertiary/aromatic N) is 2. The summed E-state index contributed by atoms with van der Waals surface area (Å²) in [5.74, 6) is -0.274. The van der Waals surface area contributed by atoms with Crippen molar-refractivity contribution < 1.29 is 32.6 Å². The Bertz CT molecular complexity index is 1280. The molecule has 0 fully saturated rings. The van der Waals surface area contributed by atoms with E-state index < -0.39 is 10.0 Å². The highest BCUT2D eigenvalue weighted by atomic mass is 32.2. The van der Waals surface area contributed by atoms with Crippen LogP contribution in [0.4, 0.5) is 5.69 Å². The van der Waals surface area contributed by atoms with Crippen molar-refractivity contribution in [3.05, 3.63) is 48.0 Å². The van der Waals surface area contributed by atoms with Crippen LogP contribution in [-0.2, 0) is 30.8 Å². The van der Waals surface area contributed by atoms with Crippen LogP contribution in [0.5, 0.6) is 11.5 Å². The number of para-hydroxylation sites is 1. The first-order valence-corrected chi connectivity index (χ1v) is 16.0. The maximum Gasteiger partial charge on any atom is 0.264 e. The molecular formula is C31H48N4O7S. The van der Waals surface area contributed by atoms with Gasteiger partial charge in [0, 0.05) is 33.2 Å². The average molecular weight is 621 g/mol. The molecule has 0 saturated heterocycles. The first-order chi connectivity index (χ1) is 20.3. The van der Waals surface area contributed by atoms with E-state index >= 15 is 0 Å². The van der Waals surface area contributed by atoms with Crippen LogP contribution in [-0.4, -0.2) is 77.4 Å². The lowest BCUT2D eigenvalue weighted by atomic mass is 9.99. The number of anilines is 1. The second kappa shape index (κ2) is 17.1. The fraction of sp³-hybridized carbons (Fsp3) is 0.548. The third-order valence-corrected chi connectivity index (χ3v) is 8.31. The van der Waals surface area contributed by atoms with Crippen molar-refractivity contribution in [2.24, 2.45) is 17.8 Å². The fourth-order valence-corrected chi connectivity index (χ4v) is 6.10. The zero-order valence-corrected chi connectivity index (χ0v) is 27.2. The van der Waals surface area contributed by atoms with Crippen molar-refractivity contribution in [2.45, 2.75) is 52.4 Å². The summed E-state index contributed by atoms with van der Waals surface area (Å²) in [6, 6.07) is 11.2. The molecule has 2 aromatic rings. The van der Waals surface area contributed by atoms with E-state index in [2.05, 4.69) is 10.7 Å². The van der Waals surface area contributed by atoms with Crippen LogP contribution in [0.25, 0.3) is 0 Å². The number of amides is 2. The number of aromatic hydroxyl groups is 1. The SMILES string of the molecule is COCCNCC(=O)NN(C[C@H](C)Cc1cccc(N(CC(C)C)S(=O)(=O)c2ccc(OC)cc2)c1O)C(=O)CC(C)C. The highest BCUT2D eigenvalue weighted by molar-refractivity contribution is 7.92. The number of hydrogen-bond acceptors (Lipinski definition) is 8. The van der Waals surface area contributed by atoms with Crippen molar-refractivity contribution in [3.63, 3.8) is 0 Å². The molecule has 0 heterocycles. The van der Waals surface area contributed by atoms with E-state index in [1.807, 2.05) is 34.6 Å². The Labute approximate surface area is 256 Å². The van der Waals surface area contributed by atoms with Crippen molar-refractivity contribution in [3.8, 4) is 11.5 Å². The number of hydrazine groups is 1. The molecule has 0 aliphatic carbocycles. The van der Waals surface area contributed by atoms with Gasteiger partial charge in [0.15, 0.2) is 0 Å². The summed E-state index contributed by atoms with van der Waals surface area (Å²) < 4.78 is 38.9. The van der Waals surface area contributed by atoms with Gasteiger partial charge in [0.1, 0.15) is 11.5 Å². The number of carbonyl (C=O) groups excluding carboxylic acids is 2. The van der Waals surface area contributed by atoms with Gasteiger partial charge in [-0.2, -0.15) is 0 Å². The zero-order chi connectivity index (χ0) is 32.2. The topological polar surface area (TPSA) is 138 Å². The van der Waals surface area contributed by atoms with E-state index in [9.17, 15) is 23.1 Å². The predicted octanol–water partition coefficient (Wildman–Crippen LogP) is 3.57. The summed E-state index contributed by atoms with van der Waals surface area (Å²) in [7, 11) is -0.923. The lowest BCUT2D eigenvalue weighted by molar-refractivity contribution is -0.142. The summed E-state index contributed by atoms with van der Waals surface area (Å²) in [6.07, 6.45) is 0.601.